The molecular formula is C52H35NO. The second kappa shape index (κ2) is 13.4. The fourth-order valence-corrected chi connectivity index (χ4v) is 7.69. The minimum absolute atomic E-state index is 0.882. The van der Waals surface area contributed by atoms with Gasteiger partial charge in [0.15, 0.2) is 0 Å². The number of rotatable bonds is 7. The first-order valence-electron chi connectivity index (χ1n) is 18.4. The van der Waals surface area contributed by atoms with Crippen molar-refractivity contribution in [1.29, 1.82) is 0 Å². The van der Waals surface area contributed by atoms with Gasteiger partial charge in [-0.3, -0.25) is 0 Å². The summed E-state index contributed by atoms with van der Waals surface area (Å²) in [6.45, 7) is 0. The molecule has 0 unspecified atom stereocenters. The van der Waals surface area contributed by atoms with Crippen molar-refractivity contribution in [3.8, 4) is 44.5 Å². The van der Waals surface area contributed by atoms with Crippen molar-refractivity contribution >= 4 is 49.8 Å². The molecule has 254 valence electrons. The maximum absolute atomic E-state index is 6.24. The SMILES string of the molecule is c1ccc(-c2cc(-c3ccccc3)cc(-c3ccc(N(c4cccc(-c5ccc6ccccc6c5)c4)c4ccc5oc6ccccc6c5c4)cc3)c2)cc1. The van der Waals surface area contributed by atoms with E-state index in [9.17, 15) is 0 Å². The summed E-state index contributed by atoms with van der Waals surface area (Å²) in [5, 5.41) is 4.69. The molecule has 0 saturated heterocycles. The largest absolute Gasteiger partial charge is 0.456 e. The number of benzene rings is 9. The Morgan fingerprint density at radius 1 is 0.259 bits per heavy atom. The van der Waals surface area contributed by atoms with Gasteiger partial charge in [0.25, 0.3) is 0 Å². The monoisotopic (exact) mass is 689 g/mol. The molecule has 0 aliphatic heterocycles. The molecule has 0 N–H and O–H groups in total. The van der Waals surface area contributed by atoms with E-state index in [1.54, 1.807) is 0 Å². The summed E-state index contributed by atoms with van der Waals surface area (Å²) in [4.78, 5) is 2.35. The highest BCUT2D eigenvalue weighted by Gasteiger charge is 2.17. The fourth-order valence-electron chi connectivity index (χ4n) is 7.69. The van der Waals surface area contributed by atoms with Crippen LogP contribution in [0.5, 0.6) is 0 Å². The van der Waals surface area contributed by atoms with Gasteiger partial charge in [-0.25, -0.2) is 0 Å². The number of hydrogen-bond donors (Lipinski definition) is 0. The Kier molecular flexibility index (Phi) is 7.85. The molecule has 10 rings (SSSR count). The van der Waals surface area contributed by atoms with Crippen LogP contribution in [0.2, 0.25) is 0 Å². The Balaban J connectivity index is 1.10. The zero-order chi connectivity index (χ0) is 35.8. The molecular weight excluding hydrogens is 655 g/mol. The van der Waals surface area contributed by atoms with Crippen LogP contribution < -0.4 is 4.90 Å². The molecule has 2 nitrogen and oxygen atoms in total. The number of nitrogens with zero attached hydrogens (tertiary/aromatic N) is 1. The van der Waals surface area contributed by atoms with Gasteiger partial charge in [0, 0.05) is 27.8 Å². The first kappa shape index (κ1) is 31.6. The van der Waals surface area contributed by atoms with Crippen molar-refractivity contribution < 1.29 is 4.42 Å². The maximum atomic E-state index is 6.24. The van der Waals surface area contributed by atoms with E-state index in [-0.39, 0.29) is 0 Å². The van der Waals surface area contributed by atoms with Gasteiger partial charge in [-0.2, -0.15) is 0 Å². The molecule has 0 atom stereocenters. The lowest BCUT2D eigenvalue weighted by molar-refractivity contribution is 0.669. The van der Waals surface area contributed by atoms with Gasteiger partial charge in [-0.15, -0.1) is 0 Å². The molecule has 0 fully saturated rings. The number of hydrogen-bond acceptors (Lipinski definition) is 2. The Morgan fingerprint density at radius 2 is 0.778 bits per heavy atom. The topological polar surface area (TPSA) is 16.4 Å². The van der Waals surface area contributed by atoms with Crippen LogP contribution in [0.4, 0.5) is 17.1 Å². The standard InChI is InChI=1S/C52H35NO/c1-3-12-36(13-4-1)43-31-44(37-14-5-2-6-15-37)33-45(32-43)39-24-26-46(27-25-39)53(48-28-29-52-50(35-48)49-20-9-10-21-51(49)54-52)47-19-11-18-41(34-47)42-23-22-38-16-7-8-17-40(38)30-42/h1-35H. The third kappa shape index (κ3) is 5.90. The molecule has 0 amide bonds. The minimum Gasteiger partial charge on any atom is -0.456 e. The molecule has 2 heteroatoms. The Bertz CT molecular complexity index is 2870. The molecule has 1 aromatic heterocycles. The van der Waals surface area contributed by atoms with E-state index in [1.165, 1.54) is 49.7 Å². The van der Waals surface area contributed by atoms with Gasteiger partial charge >= 0.3 is 0 Å². The number of fused-ring (bicyclic) bond motifs is 4. The van der Waals surface area contributed by atoms with Crippen LogP contribution in [0.3, 0.4) is 0 Å². The fraction of sp³-hybridized carbons (Fsp3) is 0. The quantitative estimate of drug-likeness (QED) is 0.166. The van der Waals surface area contributed by atoms with Crippen LogP contribution in [0.25, 0.3) is 77.2 Å². The Morgan fingerprint density at radius 3 is 1.50 bits per heavy atom. The number of furan rings is 1. The van der Waals surface area contributed by atoms with Crippen LogP contribution >= 0.6 is 0 Å². The van der Waals surface area contributed by atoms with Gasteiger partial charge in [-0.1, -0.05) is 140 Å². The summed E-state index contributed by atoms with van der Waals surface area (Å²) in [6, 6.07) is 76.1. The lowest BCUT2D eigenvalue weighted by Crippen LogP contribution is -2.10. The van der Waals surface area contributed by atoms with Crippen molar-refractivity contribution in [2.45, 2.75) is 0 Å². The van der Waals surface area contributed by atoms with Crippen molar-refractivity contribution in [3.63, 3.8) is 0 Å². The van der Waals surface area contributed by atoms with E-state index in [0.717, 1.165) is 44.6 Å². The predicted octanol–water partition coefficient (Wildman–Crippen LogP) is 14.9. The van der Waals surface area contributed by atoms with Crippen LogP contribution in [0.15, 0.2) is 217 Å². The van der Waals surface area contributed by atoms with Crippen molar-refractivity contribution in [1.82, 2.24) is 0 Å². The summed E-state index contributed by atoms with van der Waals surface area (Å²) >= 11 is 0. The second-order valence-corrected chi connectivity index (χ2v) is 13.8. The van der Waals surface area contributed by atoms with Gasteiger partial charge < -0.3 is 9.32 Å². The molecule has 0 bridgehead atoms. The van der Waals surface area contributed by atoms with Crippen LogP contribution in [-0.2, 0) is 0 Å². The average molecular weight is 690 g/mol. The normalized spacial score (nSPS) is 11.3. The molecule has 0 aliphatic carbocycles. The van der Waals surface area contributed by atoms with Gasteiger partial charge in [0.05, 0.1) is 0 Å². The maximum Gasteiger partial charge on any atom is 0.135 e. The van der Waals surface area contributed by atoms with Crippen molar-refractivity contribution in [2.24, 2.45) is 0 Å². The molecule has 54 heavy (non-hydrogen) atoms. The van der Waals surface area contributed by atoms with Crippen molar-refractivity contribution in [3.05, 3.63) is 212 Å². The summed E-state index contributed by atoms with van der Waals surface area (Å²) in [5.41, 5.74) is 14.5. The molecule has 0 spiro atoms. The minimum atomic E-state index is 0.882. The van der Waals surface area contributed by atoms with E-state index in [4.69, 9.17) is 4.42 Å². The summed E-state index contributed by atoms with van der Waals surface area (Å²) < 4.78 is 6.24. The highest BCUT2D eigenvalue weighted by atomic mass is 16.3. The van der Waals surface area contributed by atoms with Crippen LogP contribution in [-0.4, -0.2) is 0 Å². The first-order chi connectivity index (χ1) is 26.7. The molecule has 1 heterocycles. The zero-order valence-corrected chi connectivity index (χ0v) is 29.6. The summed E-state index contributed by atoms with van der Waals surface area (Å²) in [6.07, 6.45) is 0. The van der Waals surface area contributed by atoms with Gasteiger partial charge in [0.1, 0.15) is 11.2 Å². The van der Waals surface area contributed by atoms with Gasteiger partial charge in [0.2, 0.25) is 0 Å². The average Bonchev–Trinajstić information content (AvgIpc) is 3.62. The van der Waals surface area contributed by atoms with E-state index in [1.807, 2.05) is 12.1 Å². The van der Waals surface area contributed by atoms with E-state index >= 15 is 0 Å². The van der Waals surface area contributed by atoms with E-state index in [0.29, 0.717) is 0 Å². The second-order valence-electron chi connectivity index (χ2n) is 13.8. The van der Waals surface area contributed by atoms with Crippen LogP contribution in [0, 0.1) is 0 Å². The zero-order valence-electron chi connectivity index (χ0n) is 29.6. The summed E-state index contributed by atoms with van der Waals surface area (Å²) in [5.74, 6) is 0. The summed E-state index contributed by atoms with van der Waals surface area (Å²) in [7, 11) is 0. The predicted molar refractivity (Wildman–Crippen MR) is 228 cm³/mol. The highest BCUT2D eigenvalue weighted by molar-refractivity contribution is 6.06. The lowest BCUT2D eigenvalue weighted by atomic mass is 9.93. The number of anilines is 3. The van der Waals surface area contributed by atoms with E-state index in [2.05, 4.69) is 205 Å². The third-order valence-electron chi connectivity index (χ3n) is 10.4. The molecule has 10 aromatic rings. The lowest BCUT2D eigenvalue weighted by Gasteiger charge is -2.26. The first-order valence-corrected chi connectivity index (χ1v) is 18.4. The Labute approximate surface area is 314 Å². The Hall–Kier alpha value is -7.16. The third-order valence-corrected chi connectivity index (χ3v) is 10.4. The smallest absolute Gasteiger partial charge is 0.135 e. The van der Waals surface area contributed by atoms with Crippen molar-refractivity contribution in [2.75, 3.05) is 4.90 Å². The molecule has 9 aromatic carbocycles. The van der Waals surface area contributed by atoms with E-state index < -0.39 is 0 Å². The highest BCUT2D eigenvalue weighted by Crippen LogP contribution is 2.41. The number of para-hydroxylation sites is 1. The van der Waals surface area contributed by atoms with Crippen LogP contribution in [0.1, 0.15) is 0 Å². The molecule has 0 aliphatic rings. The van der Waals surface area contributed by atoms with Gasteiger partial charge in [-0.05, 0) is 128 Å². The molecule has 0 saturated carbocycles. The molecule has 0 radical (unpaired) electrons.